The number of aliphatic carboxylic acids is 1. The van der Waals surface area contributed by atoms with Crippen LogP contribution in [0.25, 0.3) is 0 Å². The first-order valence-corrected chi connectivity index (χ1v) is 12.7. The average molecular weight is 507 g/mol. The van der Waals surface area contributed by atoms with E-state index in [1.807, 2.05) is 0 Å². The molecule has 33 heavy (non-hydrogen) atoms. The highest BCUT2D eigenvalue weighted by Crippen LogP contribution is 2.29. The van der Waals surface area contributed by atoms with Crippen molar-refractivity contribution in [1.82, 2.24) is 5.32 Å². The van der Waals surface area contributed by atoms with Gasteiger partial charge in [-0.1, -0.05) is 25.4 Å². The monoisotopic (exact) mass is 506 g/mol. The van der Waals surface area contributed by atoms with Crippen molar-refractivity contribution in [3.8, 4) is 5.75 Å². The number of amides is 1. The highest BCUT2D eigenvalue weighted by atomic mass is 35.5. The van der Waals surface area contributed by atoms with Gasteiger partial charge in [-0.15, -0.1) is 0 Å². The number of carbonyl (C=O) groups excluding carboxylic acids is 2. The number of carboxylic acids is 1. The maximum atomic E-state index is 12.7. The second-order valence-corrected chi connectivity index (χ2v) is 10.6. The second-order valence-electron chi connectivity index (χ2n) is 8.75. The Hall–Kier alpha value is -2.08. The summed E-state index contributed by atoms with van der Waals surface area (Å²) < 4.78 is 33.0. The fourth-order valence-corrected chi connectivity index (χ4v) is 3.87. The summed E-state index contributed by atoms with van der Waals surface area (Å²) in [5.74, 6) is -0.413. The number of methoxy groups -OCH3 is 1. The van der Waals surface area contributed by atoms with Crippen LogP contribution < -0.4 is 20.9 Å². The Balaban J connectivity index is 0.000000981. The van der Waals surface area contributed by atoms with Crippen molar-refractivity contribution >= 4 is 39.3 Å². The maximum absolute atomic E-state index is 12.7. The van der Waals surface area contributed by atoms with E-state index in [4.69, 9.17) is 35.0 Å². The van der Waals surface area contributed by atoms with Crippen molar-refractivity contribution in [2.45, 2.75) is 39.2 Å². The number of anilines is 1. The Morgan fingerprint density at radius 2 is 1.85 bits per heavy atom. The summed E-state index contributed by atoms with van der Waals surface area (Å²) >= 11 is 6.05. The van der Waals surface area contributed by atoms with Crippen LogP contribution in [0.3, 0.4) is 0 Å². The number of ether oxygens (including phenoxy) is 1. The van der Waals surface area contributed by atoms with E-state index in [9.17, 15) is 14.7 Å². The smallest absolute Gasteiger partial charge is 0.255 e. The quantitative estimate of drug-likeness (QED) is 0.294. The van der Waals surface area contributed by atoms with Crippen LogP contribution in [0.1, 0.15) is 43.5 Å². The Bertz CT molecular complexity index is 922. The average Bonchev–Trinajstić information content (AvgIpc) is 2.68. The van der Waals surface area contributed by atoms with Gasteiger partial charge in [0.2, 0.25) is 0 Å². The minimum Gasteiger partial charge on any atom is -0.748 e. The first kappa shape index (κ1) is 29.0. The molecule has 188 valence electrons. The lowest BCUT2D eigenvalue weighted by atomic mass is 9.99. The van der Waals surface area contributed by atoms with Crippen LogP contribution in [0.2, 0.25) is 5.02 Å². The molecule has 12 heteroatoms. The number of rotatable bonds is 8. The summed E-state index contributed by atoms with van der Waals surface area (Å²) in [6.07, 6.45) is 2.99. The summed E-state index contributed by atoms with van der Waals surface area (Å²) in [6.45, 7) is 6.50. The van der Waals surface area contributed by atoms with E-state index in [0.29, 0.717) is 64.6 Å². The van der Waals surface area contributed by atoms with Crippen molar-refractivity contribution in [3.63, 3.8) is 0 Å². The molecule has 1 aliphatic heterocycles. The number of piperidine rings is 1. The van der Waals surface area contributed by atoms with E-state index < -0.39 is 16.1 Å². The van der Waals surface area contributed by atoms with Gasteiger partial charge in [-0.05, 0) is 18.4 Å². The van der Waals surface area contributed by atoms with Crippen LogP contribution in [0.5, 0.6) is 5.75 Å². The zero-order valence-corrected chi connectivity index (χ0v) is 21.0. The summed E-state index contributed by atoms with van der Waals surface area (Å²) in [6, 6.07) is 3.01. The highest BCUT2D eigenvalue weighted by Gasteiger charge is 2.34. The first-order chi connectivity index (χ1) is 15.2. The van der Waals surface area contributed by atoms with E-state index in [-0.39, 0.29) is 18.5 Å². The standard InChI is InChI=1S/C20H30ClN3O4.CH4O3S/c1-13(2)4-7-24(12-19(25)26)8-5-14(6-9-24)23-20(27)15-10-16(21)17(22)11-18(15)28-3;1-5(2,3)4/h10-11,13-14H,4-9,12H2,1-3H3,(H3-,22,23,25,26,27);1H3,(H,2,3,4)/p-1. The molecule has 0 spiro atoms. The Labute approximate surface area is 200 Å². The Morgan fingerprint density at radius 3 is 2.30 bits per heavy atom. The summed E-state index contributed by atoms with van der Waals surface area (Å²) in [7, 11) is -2.44. The molecule has 2 rings (SSSR count). The summed E-state index contributed by atoms with van der Waals surface area (Å²) in [5, 5.41) is 14.6. The van der Waals surface area contributed by atoms with Gasteiger partial charge in [0.1, 0.15) is 12.3 Å². The predicted molar refractivity (Wildman–Crippen MR) is 123 cm³/mol. The molecule has 1 amide bonds. The van der Waals surface area contributed by atoms with Gasteiger partial charge in [-0.3, -0.25) is 4.79 Å². The third-order valence-corrected chi connectivity index (χ3v) is 5.78. The number of nitrogens with one attached hydrogen (secondary N) is 1. The lowest BCUT2D eigenvalue weighted by Crippen LogP contribution is -2.60. The van der Waals surface area contributed by atoms with E-state index >= 15 is 0 Å². The summed E-state index contributed by atoms with van der Waals surface area (Å²) in [5.41, 5.74) is 6.45. The van der Waals surface area contributed by atoms with Crippen molar-refractivity contribution in [2.75, 3.05) is 45.3 Å². The molecule has 0 aliphatic carbocycles. The van der Waals surface area contributed by atoms with Gasteiger partial charge in [-0.25, -0.2) is 8.42 Å². The fraction of sp³-hybridized carbons (Fsp3) is 0.619. The van der Waals surface area contributed by atoms with Crippen LogP contribution >= 0.6 is 11.6 Å². The van der Waals surface area contributed by atoms with E-state index in [1.54, 1.807) is 0 Å². The molecule has 1 fully saturated rings. The number of carboxylic acid groups (broad SMARTS) is 1. The minimum absolute atomic E-state index is 0.0226. The zero-order chi connectivity index (χ0) is 25.4. The van der Waals surface area contributed by atoms with E-state index in [1.165, 1.54) is 19.2 Å². The predicted octanol–water partition coefficient (Wildman–Crippen LogP) is 0.597. The molecule has 10 nitrogen and oxygen atoms in total. The van der Waals surface area contributed by atoms with Gasteiger partial charge in [0.15, 0.2) is 0 Å². The SMILES string of the molecule is COc1cc(N)c(Cl)cc1C(=O)NC1CC[N+](CCC(C)C)(CC(=O)[O-])CC1.CS(=O)(=O)[O-]. The number of halogens is 1. The minimum atomic E-state index is -3.92. The van der Waals surface area contributed by atoms with Crippen molar-refractivity contribution in [3.05, 3.63) is 22.7 Å². The molecule has 1 aliphatic rings. The van der Waals surface area contributed by atoms with Crippen molar-refractivity contribution in [2.24, 2.45) is 5.92 Å². The van der Waals surface area contributed by atoms with Gasteiger partial charge in [0, 0.05) is 31.2 Å². The number of hydrogen-bond donors (Lipinski definition) is 2. The van der Waals surface area contributed by atoms with Crippen molar-refractivity contribution < 1.29 is 36.9 Å². The molecular weight excluding hydrogens is 474 g/mol. The number of benzene rings is 1. The number of carbonyl (C=O) groups is 2. The number of likely N-dealkylation sites (tertiary alicyclic amines) is 1. The van der Waals surface area contributed by atoms with Gasteiger partial charge < -0.3 is 34.7 Å². The Kier molecular flexibility index (Phi) is 10.9. The van der Waals surface area contributed by atoms with Crippen LogP contribution in [-0.2, 0) is 14.9 Å². The van der Waals surface area contributed by atoms with Crippen LogP contribution in [0.15, 0.2) is 12.1 Å². The molecule has 1 saturated heterocycles. The molecule has 1 aromatic carbocycles. The molecule has 3 N–H and O–H groups in total. The molecule has 0 atom stereocenters. The molecule has 0 bridgehead atoms. The molecule has 0 unspecified atom stereocenters. The van der Waals surface area contributed by atoms with Gasteiger partial charge in [0.05, 0.1) is 59.1 Å². The zero-order valence-electron chi connectivity index (χ0n) is 19.4. The number of nitrogens with zero attached hydrogens (tertiary/aromatic N) is 1. The third kappa shape index (κ3) is 10.6. The van der Waals surface area contributed by atoms with Crippen LogP contribution in [0, 0.1) is 5.92 Å². The van der Waals surface area contributed by atoms with Gasteiger partial charge >= 0.3 is 0 Å². The largest absolute Gasteiger partial charge is 0.748 e. The topological polar surface area (TPSA) is 162 Å². The molecular formula is C21H33ClN3O7S-. The number of nitrogen functional groups attached to an aromatic ring is 1. The van der Waals surface area contributed by atoms with Gasteiger partial charge in [-0.2, -0.15) is 0 Å². The maximum Gasteiger partial charge on any atom is 0.255 e. The number of hydrogen-bond acceptors (Lipinski definition) is 8. The second kappa shape index (κ2) is 12.4. The lowest BCUT2D eigenvalue weighted by molar-refractivity contribution is -0.928. The molecule has 1 heterocycles. The molecule has 0 saturated carbocycles. The lowest BCUT2D eigenvalue weighted by Gasteiger charge is -2.44. The van der Waals surface area contributed by atoms with Crippen molar-refractivity contribution in [1.29, 1.82) is 0 Å². The normalized spacial score (nSPS) is 20.5. The fourth-order valence-electron chi connectivity index (χ4n) is 3.71. The van der Waals surface area contributed by atoms with Crippen LogP contribution in [-0.4, -0.2) is 74.9 Å². The molecule has 1 aromatic rings. The summed E-state index contributed by atoms with van der Waals surface area (Å²) in [4.78, 5) is 24.0. The highest BCUT2D eigenvalue weighted by molar-refractivity contribution is 7.84. The van der Waals surface area contributed by atoms with E-state index in [2.05, 4.69) is 19.2 Å². The van der Waals surface area contributed by atoms with E-state index in [0.717, 1.165) is 13.0 Å². The van der Waals surface area contributed by atoms with Crippen LogP contribution in [0.4, 0.5) is 5.69 Å². The number of quaternary nitrogens is 1. The van der Waals surface area contributed by atoms with Gasteiger partial charge in [0.25, 0.3) is 5.91 Å². The Morgan fingerprint density at radius 1 is 1.30 bits per heavy atom. The third-order valence-electron chi connectivity index (χ3n) is 5.45. The molecule has 0 radical (unpaired) electrons. The number of nitrogens with two attached hydrogens (primary N) is 1. The first-order valence-electron chi connectivity index (χ1n) is 10.6. The molecule has 0 aromatic heterocycles.